The van der Waals surface area contributed by atoms with Gasteiger partial charge >= 0.3 is 0 Å². The zero-order chi connectivity index (χ0) is 13.1. The maximum atomic E-state index is 9.53. The van der Waals surface area contributed by atoms with Gasteiger partial charge in [-0.15, -0.1) is 0 Å². The molecule has 1 aliphatic heterocycles. The van der Waals surface area contributed by atoms with Crippen molar-refractivity contribution in [2.45, 2.75) is 46.1 Å². The molecule has 0 aliphatic carbocycles. The van der Waals surface area contributed by atoms with Crippen LogP contribution >= 0.6 is 0 Å². The van der Waals surface area contributed by atoms with Crippen LogP contribution in [-0.4, -0.2) is 41.6 Å². The van der Waals surface area contributed by atoms with Crippen LogP contribution in [0.25, 0.3) is 0 Å². The summed E-state index contributed by atoms with van der Waals surface area (Å²) in [4.78, 5) is 2.42. The lowest BCUT2D eigenvalue weighted by Crippen LogP contribution is -2.40. The number of amidine groups is 1. The third kappa shape index (κ3) is 4.28. The van der Waals surface area contributed by atoms with Gasteiger partial charge in [0.2, 0.25) is 0 Å². The van der Waals surface area contributed by atoms with Crippen LogP contribution in [0.2, 0.25) is 0 Å². The van der Waals surface area contributed by atoms with Crippen molar-refractivity contribution in [3.8, 4) is 0 Å². The van der Waals surface area contributed by atoms with Gasteiger partial charge in [-0.3, -0.25) is 5.41 Å². The average molecular weight is 241 g/mol. The molecule has 0 bridgehead atoms. The van der Waals surface area contributed by atoms with Gasteiger partial charge in [0.05, 0.1) is 11.9 Å². The monoisotopic (exact) mass is 241 g/mol. The van der Waals surface area contributed by atoms with Crippen LogP contribution < -0.4 is 5.73 Å². The van der Waals surface area contributed by atoms with E-state index in [1.54, 1.807) is 0 Å². The molecule has 4 heteroatoms. The molecule has 0 amide bonds. The first-order valence-electron chi connectivity index (χ1n) is 6.58. The molecule has 0 aromatic heterocycles. The quantitative estimate of drug-likeness (QED) is 0.503. The van der Waals surface area contributed by atoms with Crippen molar-refractivity contribution in [3.63, 3.8) is 0 Å². The molecule has 1 rings (SSSR count). The van der Waals surface area contributed by atoms with E-state index in [9.17, 15) is 5.11 Å². The number of nitrogens with zero attached hydrogens (tertiary/aromatic N) is 1. The Morgan fingerprint density at radius 3 is 2.41 bits per heavy atom. The van der Waals surface area contributed by atoms with Crippen molar-refractivity contribution in [1.82, 2.24) is 4.90 Å². The van der Waals surface area contributed by atoms with Crippen LogP contribution in [0.5, 0.6) is 0 Å². The Bertz CT molecular complexity index is 255. The van der Waals surface area contributed by atoms with E-state index < -0.39 is 0 Å². The summed E-state index contributed by atoms with van der Waals surface area (Å²) in [6.45, 7) is 9.06. The van der Waals surface area contributed by atoms with Crippen molar-refractivity contribution in [3.05, 3.63) is 0 Å². The number of hydrogen-bond donors (Lipinski definition) is 3. The third-order valence-electron chi connectivity index (χ3n) is 4.10. The fourth-order valence-electron chi connectivity index (χ4n) is 2.23. The molecule has 1 unspecified atom stereocenters. The van der Waals surface area contributed by atoms with E-state index in [1.165, 1.54) is 0 Å². The highest BCUT2D eigenvalue weighted by Gasteiger charge is 2.26. The molecule has 1 fully saturated rings. The minimum Gasteiger partial charge on any atom is -0.393 e. The molecule has 1 saturated heterocycles. The number of nitrogens with one attached hydrogen (secondary N) is 1. The molecule has 0 spiro atoms. The van der Waals surface area contributed by atoms with Crippen molar-refractivity contribution in [2.75, 3.05) is 19.6 Å². The average Bonchev–Trinajstić information content (AvgIpc) is 2.27. The summed E-state index contributed by atoms with van der Waals surface area (Å²) >= 11 is 0. The molecule has 0 radical (unpaired) electrons. The molecule has 0 saturated carbocycles. The van der Waals surface area contributed by atoms with Gasteiger partial charge in [-0.05, 0) is 51.7 Å². The predicted molar refractivity (Wildman–Crippen MR) is 71.2 cm³/mol. The van der Waals surface area contributed by atoms with Gasteiger partial charge in [-0.25, -0.2) is 0 Å². The minimum absolute atomic E-state index is 0.175. The lowest BCUT2D eigenvalue weighted by Gasteiger charge is -2.35. The summed E-state index contributed by atoms with van der Waals surface area (Å²) in [6.07, 6.45) is 2.92. The summed E-state index contributed by atoms with van der Waals surface area (Å²) < 4.78 is 0. The second-order valence-corrected chi connectivity index (χ2v) is 5.97. The number of aliphatic hydroxyl groups is 1. The van der Waals surface area contributed by atoms with E-state index >= 15 is 0 Å². The van der Waals surface area contributed by atoms with Crippen LogP contribution in [-0.2, 0) is 0 Å². The topological polar surface area (TPSA) is 73.3 Å². The minimum atomic E-state index is -0.193. The van der Waals surface area contributed by atoms with Gasteiger partial charge in [0.25, 0.3) is 0 Å². The smallest absolute Gasteiger partial charge is 0.0963 e. The largest absolute Gasteiger partial charge is 0.393 e. The number of aliphatic hydroxyl groups excluding tert-OH is 1. The van der Waals surface area contributed by atoms with Crippen LogP contribution in [0.4, 0.5) is 0 Å². The first-order valence-corrected chi connectivity index (χ1v) is 6.58. The number of piperidine rings is 1. The summed E-state index contributed by atoms with van der Waals surface area (Å²) in [5.74, 6) is 0.739. The maximum Gasteiger partial charge on any atom is 0.0963 e. The number of rotatable bonds is 5. The highest BCUT2D eigenvalue weighted by Crippen LogP contribution is 2.24. The Morgan fingerprint density at radius 2 is 2.00 bits per heavy atom. The molecule has 0 aromatic rings. The van der Waals surface area contributed by atoms with Crippen LogP contribution in [0.3, 0.4) is 0 Å². The number of nitrogens with two attached hydrogens (primary N) is 1. The maximum absolute atomic E-state index is 9.53. The van der Waals surface area contributed by atoms with E-state index in [2.05, 4.69) is 4.90 Å². The van der Waals surface area contributed by atoms with E-state index in [0.29, 0.717) is 5.92 Å². The Morgan fingerprint density at radius 1 is 1.47 bits per heavy atom. The van der Waals surface area contributed by atoms with Crippen molar-refractivity contribution in [1.29, 1.82) is 5.41 Å². The standard InChI is InChI=1S/C13H27N3O/c1-10(17)11-4-7-16(8-5-11)9-6-13(2,3)12(14)15/h10-11,17H,4-9H2,1-3H3,(H3,14,15). The molecule has 1 aliphatic rings. The normalized spacial score (nSPS) is 21.4. The number of likely N-dealkylation sites (tertiary alicyclic amines) is 1. The molecule has 4 nitrogen and oxygen atoms in total. The van der Waals surface area contributed by atoms with Gasteiger partial charge in [0.15, 0.2) is 0 Å². The van der Waals surface area contributed by atoms with Crippen LogP contribution in [0.1, 0.15) is 40.0 Å². The second-order valence-electron chi connectivity index (χ2n) is 5.97. The zero-order valence-electron chi connectivity index (χ0n) is 11.4. The molecular weight excluding hydrogens is 214 g/mol. The van der Waals surface area contributed by atoms with Gasteiger partial charge in [-0.1, -0.05) is 13.8 Å². The molecule has 1 heterocycles. The van der Waals surface area contributed by atoms with E-state index in [4.69, 9.17) is 11.1 Å². The summed E-state index contributed by atoms with van der Waals surface area (Å²) in [5.41, 5.74) is 5.39. The number of hydrogen-bond acceptors (Lipinski definition) is 3. The third-order valence-corrected chi connectivity index (χ3v) is 4.10. The van der Waals surface area contributed by atoms with E-state index in [-0.39, 0.29) is 17.4 Å². The van der Waals surface area contributed by atoms with Crippen LogP contribution in [0, 0.1) is 16.7 Å². The molecular formula is C13H27N3O. The zero-order valence-corrected chi connectivity index (χ0v) is 11.4. The van der Waals surface area contributed by atoms with Gasteiger partial charge in [0.1, 0.15) is 0 Å². The summed E-state index contributed by atoms with van der Waals surface area (Å²) in [5, 5.41) is 17.1. The first-order chi connectivity index (χ1) is 7.83. The van der Waals surface area contributed by atoms with Crippen molar-refractivity contribution >= 4 is 5.84 Å². The second kappa shape index (κ2) is 5.83. The summed E-state index contributed by atoms with van der Waals surface area (Å²) in [6, 6.07) is 0. The van der Waals surface area contributed by atoms with Crippen LogP contribution in [0.15, 0.2) is 0 Å². The fourth-order valence-corrected chi connectivity index (χ4v) is 2.23. The van der Waals surface area contributed by atoms with Crippen molar-refractivity contribution < 1.29 is 5.11 Å². The Labute approximate surface area is 105 Å². The first kappa shape index (κ1) is 14.5. The molecule has 0 aromatic carbocycles. The lowest BCUT2D eigenvalue weighted by molar-refractivity contribution is 0.0695. The van der Waals surface area contributed by atoms with E-state index in [1.807, 2.05) is 20.8 Å². The fraction of sp³-hybridized carbons (Fsp3) is 0.923. The Hall–Kier alpha value is -0.610. The predicted octanol–water partition coefficient (Wildman–Crippen LogP) is 1.43. The van der Waals surface area contributed by atoms with E-state index in [0.717, 1.165) is 38.9 Å². The molecule has 1 atom stereocenters. The molecule has 100 valence electrons. The molecule has 4 N–H and O–H groups in total. The molecule has 17 heavy (non-hydrogen) atoms. The Kier molecular flexibility index (Phi) is 4.95. The van der Waals surface area contributed by atoms with Gasteiger partial charge < -0.3 is 15.7 Å². The van der Waals surface area contributed by atoms with Gasteiger partial charge in [-0.2, -0.15) is 0 Å². The highest BCUT2D eigenvalue weighted by atomic mass is 16.3. The van der Waals surface area contributed by atoms with Gasteiger partial charge in [0, 0.05) is 5.41 Å². The summed E-state index contributed by atoms with van der Waals surface area (Å²) in [7, 11) is 0. The van der Waals surface area contributed by atoms with Crippen molar-refractivity contribution in [2.24, 2.45) is 17.1 Å². The lowest BCUT2D eigenvalue weighted by atomic mass is 9.87. The Balaban J connectivity index is 2.29. The SMILES string of the molecule is CC(O)C1CCN(CCC(C)(C)C(=N)N)CC1. The highest BCUT2D eigenvalue weighted by molar-refractivity contribution is 5.82.